The van der Waals surface area contributed by atoms with E-state index in [-0.39, 0.29) is 16.1 Å². The Labute approximate surface area is 109 Å². The molecule has 1 rings (SSSR count). The van der Waals surface area contributed by atoms with E-state index in [2.05, 4.69) is 22.9 Å². The van der Waals surface area contributed by atoms with Crippen LogP contribution in [0.15, 0.2) is 22.7 Å². The van der Waals surface area contributed by atoms with E-state index in [0.717, 1.165) is 18.4 Å². The van der Waals surface area contributed by atoms with Crippen LogP contribution in [-0.4, -0.2) is 10.5 Å². The van der Waals surface area contributed by atoms with Crippen LogP contribution < -0.4 is 5.73 Å². The summed E-state index contributed by atoms with van der Waals surface area (Å²) in [5.74, 6) is 0. The van der Waals surface area contributed by atoms with Crippen LogP contribution >= 0.6 is 15.9 Å². The maximum atomic E-state index is 10.8. The molecule has 94 valence electrons. The monoisotopic (exact) mass is 300 g/mol. The molecule has 0 amide bonds. The number of nitrogens with zero attached hydrogens (tertiary/aromatic N) is 1. The van der Waals surface area contributed by atoms with Crippen molar-refractivity contribution in [1.82, 2.24) is 0 Å². The van der Waals surface area contributed by atoms with Crippen molar-refractivity contribution in [2.24, 2.45) is 5.73 Å². The lowest BCUT2D eigenvalue weighted by molar-refractivity contribution is -0.385. The molecule has 17 heavy (non-hydrogen) atoms. The minimum atomic E-state index is -0.388. The highest BCUT2D eigenvalue weighted by Gasteiger charge is 2.22. The van der Waals surface area contributed by atoms with Gasteiger partial charge >= 0.3 is 0 Å². The summed E-state index contributed by atoms with van der Waals surface area (Å²) in [5, 5.41) is 10.8. The van der Waals surface area contributed by atoms with Gasteiger partial charge in [-0.1, -0.05) is 25.5 Å². The molecule has 0 saturated heterocycles. The molecule has 4 nitrogen and oxygen atoms in total. The summed E-state index contributed by atoms with van der Waals surface area (Å²) in [7, 11) is 0. The van der Waals surface area contributed by atoms with E-state index in [1.807, 2.05) is 13.0 Å². The molecule has 0 aliphatic rings. The maximum absolute atomic E-state index is 10.8. The third-order valence-electron chi connectivity index (χ3n) is 2.67. The molecule has 0 aliphatic heterocycles. The molecule has 1 aromatic carbocycles. The fourth-order valence-corrected chi connectivity index (χ4v) is 2.49. The number of nitro groups is 1. The molecule has 0 saturated carbocycles. The Balaban J connectivity index is 3.00. The van der Waals surface area contributed by atoms with Crippen LogP contribution in [0.4, 0.5) is 5.69 Å². The Morgan fingerprint density at radius 2 is 2.18 bits per heavy atom. The Morgan fingerprint density at radius 3 is 2.71 bits per heavy atom. The highest BCUT2D eigenvalue weighted by molar-refractivity contribution is 9.10. The number of hydrogen-bond acceptors (Lipinski definition) is 3. The summed E-state index contributed by atoms with van der Waals surface area (Å²) < 4.78 is 0.540. The zero-order valence-electron chi connectivity index (χ0n) is 10.1. The normalized spacial score (nSPS) is 14.4. The summed E-state index contributed by atoms with van der Waals surface area (Å²) in [6.45, 7) is 4.05. The van der Waals surface area contributed by atoms with Gasteiger partial charge in [0.25, 0.3) is 5.69 Å². The molecule has 1 aromatic rings. The average molecular weight is 301 g/mol. The molecule has 0 fully saturated rings. The van der Waals surface area contributed by atoms with E-state index in [4.69, 9.17) is 5.73 Å². The second-order valence-corrected chi connectivity index (χ2v) is 5.38. The van der Waals surface area contributed by atoms with Crippen LogP contribution in [0.2, 0.25) is 0 Å². The Kier molecular flexibility index (Phi) is 4.65. The van der Waals surface area contributed by atoms with Gasteiger partial charge in [-0.2, -0.15) is 0 Å². The highest BCUT2D eigenvalue weighted by atomic mass is 79.9. The first-order valence-corrected chi connectivity index (χ1v) is 6.37. The topological polar surface area (TPSA) is 69.2 Å². The smallest absolute Gasteiger partial charge is 0.283 e. The summed E-state index contributed by atoms with van der Waals surface area (Å²) in [5.41, 5.74) is 6.82. The van der Waals surface area contributed by atoms with Crippen molar-refractivity contribution < 1.29 is 4.92 Å². The predicted octanol–water partition coefficient (Wildman–Crippen LogP) is 3.42. The van der Waals surface area contributed by atoms with E-state index < -0.39 is 0 Å². The molecule has 1 atom stereocenters. The van der Waals surface area contributed by atoms with Crippen LogP contribution in [0.25, 0.3) is 0 Å². The van der Waals surface area contributed by atoms with Gasteiger partial charge in [-0.05, 0) is 41.3 Å². The van der Waals surface area contributed by atoms with Gasteiger partial charge in [0.15, 0.2) is 0 Å². The van der Waals surface area contributed by atoms with Gasteiger partial charge in [0, 0.05) is 11.6 Å². The van der Waals surface area contributed by atoms with Crippen molar-refractivity contribution in [1.29, 1.82) is 0 Å². The van der Waals surface area contributed by atoms with E-state index >= 15 is 0 Å². The summed E-state index contributed by atoms with van der Waals surface area (Å²) in [6.07, 6.45) is 2.52. The first-order valence-electron chi connectivity index (χ1n) is 5.58. The number of halogens is 1. The van der Waals surface area contributed by atoms with Crippen LogP contribution in [0.5, 0.6) is 0 Å². The number of nitro benzene ring substituents is 1. The minimum Gasteiger partial charge on any atom is -0.325 e. The Hall–Kier alpha value is -0.940. The van der Waals surface area contributed by atoms with E-state index in [1.165, 1.54) is 6.07 Å². The molecule has 5 heteroatoms. The van der Waals surface area contributed by atoms with Crippen molar-refractivity contribution in [3.05, 3.63) is 38.3 Å². The third kappa shape index (κ3) is 3.78. The number of hydrogen-bond donors (Lipinski definition) is 1. The molecule has 2 N–H and O–H groups in total. The van der Waals surface area contributed by atoms with E-state index in [1.54, 1.807) is 6.07 Å². The summed E-state index contributed by atoms with van der Waals surface area (Å²) in [4.78, 5) is 10.4. The van der Waals surface area contributed by atoms with Crippen molar-refractivity contribution in [2.45, 2.75) is 38.6 Å². The first kappa shape index (κ1) is 14.1. The van der Waals surface area contributed by atoms with Gasteiger partial charge in [-0.3, -0.25) is 10.1 Å². The lowest BCUT2D eigenvalue weighted by atomic mass is 9.89. The van der Waals surface area contributed by atoms with Gasteiger partial charge in [-0.25, -0.2) is 0 Å². The van der Waals surface area contributed by atoms with Crippen molar-refractivity contribution in [3.8, 4) is 0 Å². The molecular formula is C12H17BrN2O2. The third-order valence-corrected chi connectivity index (χ3v) is 3.59. The van der Waals surface area contributed by atoms with Gasteiger partial charge in [-0.15, -0.1) is 0 Å². The summed E-state index contributed by atoms with van der Waals surface area (Å²) in [6, 6.07) is 5.05. The van der Waals surface area contributed by atoms with Gasteiger partial charge in [0.2, 0.25) is 0 Å². The standard InChI is InChI=1S/C12H17BrN2O2/c1-3-7-12(2,14)8-9-5-4-6-10(11(9)13)15(16)17/h4-6H,3,7-8,14H2,1-2H3. The first-order chi connectivity index (χ1) is 7.87. The number of nitrogens with two attached hydrogens (primary N) is 1. The fraction of sp³-hybridized carbons (Fsp3) is 0.500. The second kappa shape index (κ2) is 5.60. The molecule has 0 spiro atoms. The number of benzene rings is 1. The van der Waals surface area contributed by atoms with Crippen molar-refractivity contribution in [2.75, 3.05) is 0 Å². The molecule has 0 aromatic heterocycles. The number of rotatable bonds is 5. The lowest BCUT2D eigenvalue weighted by Gasteiger charge is -2.24. The van der Waals surface area contributed by atoms with Crippen LogP contribution in [-0.2, 0) is 6.42 Å². The highest BCUT2D eigenvalue weighted by Crippen LogP contribution is 2.30. The Morgan fingerprint density at radius 1 is 1.53 bits per heavy atom. The second-order valence-electron chi connectivity index (χ2n) is 4.59. The molecule has 0 bridgehead atoms. The van der Waals surface area contributed by atoms with Gasteiger partial charge in [0.1, 0.15) is 0 Å². The van der Waals surface area contributed by atoms with Gasteiger partial charge < -0.3 is 5.73 Å². The van der Waals surface area contributed by atoms with Crippen molar-refractivity contribution >= 4 is 21.6 Å². The fourth-order valence-electron chi connectivity index (χ4n) is 1.94. The molecular weight excluding hydrogens is 284 g/mol. The largest absolute Gasteiger partial charge is 0.325 e. The maximum Gasteiger partial charge on any atom is 0.283 e. The zero-order chi connectivity index (χ0) is 13.1. The zero-order valence-corrected chi connectivity index (χ0v) is 11.7. The average Bonchev–Trinajstić information content (AvgIpc) is 2.20. The molecule has 0 aliphatic carbocycles. The van der Waals surface area contributed by atoms with E-state index in [0.29, 0.717) is 10.9 Å². The van der Waals surface area contributed by atoms with Crippen molar-refractivity contribution in [3.63, 3.8) is 0 Å². The van der Waals surface area contributed by atoms with Crippen LogP contribution in [0.1, 0.15) is 32.3 Å². The van der Waals surface area contributed by atoms with Gasteiger partial charge in [0.05, 0.1) is 9.40 Å². The SMILES string of the molecule is CCCC(C)(N)Cc1cccc([N+](=O)[O-])c1Br. The van der Waals surface area contributed by atoms with Crippen LogP contribution in [0, 0.1) is 10.1 Å². The molecule has 1 unspecified atom stereocenters. The lowest BCUT2D eigenvalue weighted by Crippen LogP contribution is -2.38. The Bertz CT molecular complexity index is 419. The quantitative estimate of drug-likeness (QED) is 0.669. The summed E-state index contributed by atoms with van der Waals surface area (Å²) >= 11 is 3.29. The van der Waals surface area contributed by atoms with Crippen LogP contribution in [0.3, 0.4) is 0 Å². The van der Waals surface area contributed by atoms with E-state index in [9.17, 15) is 10.1 Å². The molecule has 0 heterocycles. The predicted molar refractivity (Wildman–Crippen MR) is 72.0 cm³/mol. The minimum absolute atomic E-state index is 0.0924. The molecule has 0 radical (unpaired) electrons.